The van der Waals surface area contributed by atoms with E-state index in [2.05, 4.69) is 17.4 Å². The second-order valence-electron chi connectivity index (χ2n) is 4.15. The molecule has 14 heavy (non-hydrogen) atoms. The molecule has 0 saturated heterocycles. The minimum absolute atomic E-state index is 0.162. The van der Waals surface area contributed by atoms with E-state index in [-0.39, 0.29) is 5.91 Å². The van der Waals surface area contributed by atoms with Gasteiger partial charge in [-0.05, 0) is 41.5 Å². The maximum absolute atomic E-state index is 11.2. The summed E-state index contributed by atoms with van der Waals surface area (Å²) in [5.41, 5.74) is 5.66. The molecule has 1 aliphatic heterocycles. The van der Waals surface area contributed by atoms with Gasteiger partial charge in [-0.25, -0.2) is 0 Å². The number of aryl methyl sites for hydroxylation is 1. The minimum atomic E-state index is 0.162. The first-order valence-corrected chi connectivity index (χ1v) is 5.24. The lowest BCUT2D eigenvalue weighted by Crippen LogP contribution is -2.31. The zero-order valence-corrected chi connectivity index (χ0v) is 8.10. The molecule has 2 aliphatic rings. The summed E-state index contributed by atoms with van der Waals surface area (Å²) < 4.78 is 0. The predicted molar refractivity (Wildman–Crippen MR) is 54.0 cm³/mol. The smallest absolute Gasteiger partial charge is 0.224 e. The van der Waals surface area contributed by atoms with E-state index in [1.165, 1.54) is 41.5 Å². The summed E-state index contributed by atoms with van der Waals surface area (Å²) >= 11 is 0. The van der Waals surface area contributed by atoms with Gasteiger partial charge in [0.1, 0.15) is 0 Å². The summed E-state index contributed by atoms with van der Waals surface area (Å²) in [6.07, 6.45) is 4.27. The molecule has 1 N–H and O–H groups in total. The van der Waals surface area contributed by atoms with Crippen molar-refractivity contribution in [1.29, 1.82) is 0 Å². The molecule has 72 valence electrons. The highest BCUT2D eigenvalue weighted by Crippen LogP contribution is 2.29. The van der Waals surface area contributed by atoms with Crippen LogP contribution in [0.2, 0.25) is 0 Å². The lowest BCUT2D eigenvalue weighted by atomic mass is 9.93. The second kappa shape index (κ2) is 2.84. The molecule has 0 unspecified atom stereocenters. The van der Waals surface area contributed by atoms with Crippen molar-refractivity contribution in [2.24, 2.45) is 0 Å². The average molecular weight is 187 g/mol. The molecule has 2 heteroatoms. The number of hydrogen-bond donors (Lipinski definition) is 1. The highest BCUT2D eigenvalue weighted by molar-refractivity contribution is 5.81. The fourth-order valence-electron chi connectivity index (χ4n) is 2.60. The Hall–Kier alpha value is -1.31. The van der Waals surface area contributed by atoms with E-state index >= 15 is 0 Å². The van der Waals surface area contributed by atoms with Gasteiger partial charge in [-0.3, -0.25) is 4.79 Å². The van der Waals surface area contributed by atoms with E-state index in [1.807, 2.05) is 0 Å². The third kappa shape index (κ3) is 1.07. The van der Waals surface area contributed by atoms with Crippen molar-refractivity contribution in [2.45, 2.75) is 32.2 Å². The Balaban J connectivity index is 2.14. The highest BCUT2D eigenvalue weighted by Gasteiger charge is 2.21. The number of hydrogen-bond acceptors (Lipinski definition) is 1. The van der Waals surface area contributed by atoms with Crippen LogP contribution in [0, 0.1) is 0 Å². The van der Waals surface area contributed by atoms with Gasteiger partial charge in [-0.15, -0.1) is 0 Å². The molecule has 0 aromatic heterocycles. The van der Waals surface area contributed by atoms with Crippen LogP contribution < -0.4 is 5.32 Å². The summed E-state index contributed by atoms with van der Waals surface area (Å²) in [6, 6.07) is 4.35. The number of amides is 1. The van der Waals surface area contributed by atoms with Gasteiger partial charge in [-0.1, -0.05) is 12.1 Å². The molecule has 0 saturated carbocycles. The van der Waals surface area contributed by atoms with Gasteiger partial charge in [0.25, 0.3) is 0 Å². The van der Waals surface area contributed by atoms with Gasteiger partial charge < -0.3 is 5.32 Å². The van der Waals surface area contributed by atoms with Crippen molar-refractivity contribution in [3.8, 4) is 0 Å². The number of rotatable bonds is 0. The van der Waals surface area contributed by atoms with Crippen LogP contribution in [0.25, 0.3) is 0 Å². The number of fused-ring (bicyclic) bond motifs is 3. The van der Waals surface area contributed by atoms with Crippen molar-refractivity contribution in [1.82, 2.24) is 5.32 Å². The van der Waals surface area contributed by atoms with Gasteiger partial charge in [0.15, 0.2) is 0 Å². The monoisotopic (exact) mass is 187 g/mol. The normalized spacial score (nSPS) is 18.7. The van der Waals surface area contributed by atoms with Gasteiger partial charge in [0.05, 0.1) is 6.42 Å². The number of carbonyl (C=O) groups is 1. The first-order chi connectivity index (χ1) is 6.84. The Kier molecular flexibility index (Phi) is 1.63. The quantitative estimate of drug-likeness (QED) is 0.652. The lowest BCUT2D eigenvalue weighted by molar-refractivity contribution is -0.121. The Morgan fingerprint density at radius 1 is 1.07 bits per heavy atom. The number of benzene rings is 1. The number of carbonyl (C=O) groups excluding carboxylic acids is 1. The number of nitrogens with one attached hydrogen (secondary N) is 1. The fraction of sp³-hybridized carbons (Fsp3) is 0.417. The van der Waals surface area contributed by atoms with Crippen molar-refractivity contribution in [3.63, 3.8) is 0 Å². The zero-order valence-electron chi connectivity index (χ0n) is 8.10. The van der Waals surface area contributed by atoms with Crippen molar-refractivity contribution in [3.05, 3.63) is 34.4 Å². The van der Waals surface area contributed by atoms with Crippen LogP contribution in [0.1, 0.15) is 28.7 Å². The summed E-state index contributed by atoms with van der Waals surface area (Å²) in [7, 11) is 0. The average Bonchev–Trinajstić information content (AvgIpc) is 2.65. The summed E-state index contributed by atoms with van der Waals surface area (Å²) in [6.45, 7) is 0.747. The summed E-state index contributed by atoms with van der Waals surface area (Å²) in [5, 5.41) is 2.93. The van der Waals surface area contributed by atoms with Crippen LogP contribution in [-0.4, -0.2) is 5.91 Å². The molecule has 1 aromatic rings. The van der Waals surface area contributed by atoms with E-state index < -0.39 is 0 Å². The fourth-order valence-corrected chi connectivity index (χ4v) is 2.60. The Morgan fingerprint density at radius 2 is 1.93 bits per heavy atom. The molecule has 0 spiro atoms. The Morgan fingerprint density at radius 3 is 2.86 bits per heavy atom. The zero-order chi connectivity index (χ0) is 9.54. The maximum atomic E-state index is 11.2. The molecule has 1 aromatic carbocycles. The first kappa shape index (κ1) is 8.04. The third-order valence-corrected chi connectivity index (χ3v) is 3.31. The van der Waals surface area contributed by atoms with Gasteiger partial charge in [0.2, 0.25) is 5.91 Å². The predicted octanol–water partition coefficient (Wildman–Crippen LogP) is 1.35. The van der Waals surface area contributed by atoms with Crippen LogP contribution in [0.4, 0.5) is 0 Å². The summed E-state index contributed by atoms with van der Waals surface area (Å²) in [4.78, 5) is 11.2. The Bertz CT molecular complexity index is 409. The molecule has 0 fully saturated rings. The maximum Gasteiger partial charge on any atom is 0.224 e. The lowest BCUT2D eigenvalue weighted by Gasteiger charge is -2.19. The van der Waals surface area contributed by atoms with Gasteiger partial charge in [-0.2, -0.15) is 0 Å². The molecule has 3 rings (SSSR count). The minimum Gasteiger partial charge on any atom is -0.352 e. The first-order valence-electron chi connectivity index (χ1n) is 5.24. The molecule has 0 radical (unpaired) electrons. The van der Waals surface area contributed by atoms with Crippen molar-refractivity contribution >= 4 is 5.91 Å². The van der Waals surface area contributed by atoms with E-state index in [1.54, 1.807) is 0 Å². The molecule has 1 aliphatic carbocycles. The van der Waals surface area contributed by atoms with Crippen LogP contribution in [-0.2, 0) is 30.6 Å². The van der Waals surface area contributed by atoms with Crippen molar-refractivity contribution in [2.75, 3.05) is 0 Å². The standard InChI is InChI=1S/C12H13NO/c14-12-6-9-5-4-8-2-1-3-10(8)11(9)7-13-12/h4-5H,1-3,6-7H2,(H,13,14). The molecular formula is C12H13NO. The molecule has 2 nitrogen and oxygen atoms in total. The largest absolute Gasteiger partial charge is 0.352 e. The van der Waals surface area contributed by atoms with E-state index in [4.69, 9.17) is 0 Å². The van der Waals surface area contributed by atoms with Crippen LogP contribution in [0.15, 0.2) is 12.1 Å². The Labute approximate surface area is 83.3 Å². The second-order valence-corrected chi connectivity index (χ2v) is 4.15. The van der Waals surface area contributed by atoms with E-state index in [0.29, 0.717) is 6.42 Å². The SMILES string of the molecule is O=C1Cc2ccc3c(c2CN1)CCC3. The molecule has 0 bridgehead atoms. The van der Waals surface area contributed by atoms with E-state index in [0.717, 1.165) is 6.54 Å². The van der Waals surface area contributed by atoms with Gasteiger partial charge in [0, 0.05) is 6.54 Å². The molecular weight excluding hydrogens is 174 g/mol. The van der Waals surface area contributed by atoms with Crippen LogP contribution in [0.5, 0.6) is 0 Å². The summed E-state index contributed by atoms with van der Waals surface area (Å²) in [5.74, 6) is 0.162. The molecule has 0 atom stereocenters. The molecule has 1 amide bonds. The topological polar surface area (TPSA) is 29.1 Å². The highest BCUT2D eigenvalue weighted by atomic mass is 16.1. The van der Waals surface area contributed by atoms with Crippen LogP contribution >= 0.6 is 0 Å². The van der Waals surface area contributed by atoms with Crippen LogP contribution in [0.3, 0.4) is 0 Å². The van der Waals surface area contributed by atoms with Crippen molar-refractivity contribution < 1.29 is 4.79 Å². The third-order valence-electron chi connectivity index (χ3n) is 3.31. The van der Waals surface area contributed by atoms with E-state index in [9.17, 15) is 4.79 Å². The molecule has 1 heterocycles. The van der Waals surface area contributed by atoms with Gasteiger partial charge >= 0.3 is 0 Å².